The van der Waals surface area contributed by atoms with Crippen molar-refractivity contribution in [2.24, 2.45) is 0 Å². The standard InChI is InChI=1S/C9H11N3O3/c13-8(1-2-9(14)15)11-4-6-12-5-3-10-7-12/h1-3,5,7H,4,6H2,(H,11,13)(H,14,15). The molecule has 0 aliphatic carbocycles. The topological polar surface area (TPSA) is 84.2 Å². The van der Waals surface area contributed by atoms with Crippen molar-refractivity contribution in [3.05, 3.63) is 30.9 Å². The second-order valence-electron chi connectivity index (χ2n) is 2.76. The normalized spacial score (nSPS) is 10.4. The van der Waals surface area contributed by atoms with Crippen LogP contribution in [-0.4, -0.2) is 33.1 Å². The summed E-state index contributed by atoms with van der Waals surface area (Å²) in [6, 6.07) is 0. The number of aromatic nitrogens is 2. The molecule has 1 aromatic heterocycles. The average Bonchev–Trinajstić information content (AvgIpc) is 2.67. The van der Waals surface area contributed by atoms with E-state index < -0.39 is 11.9 Å². The fraction of sp³-hybridized carbons (Fsp3) is 0.222. The Kier molecular flexibility index (Phi) is 4.08. The van der Waals surface area contributed by atoms with Gasteiger partial charge in [-0.25, -0.2) is 9.78 Å². The van der Waals surface area contributed by atoms with Crippen molar-refractivity contribution in [2.75, 3.05) is 6.54 Å². The van der Waals surface area contributed by atoms with Gasteiger partial charge in [0.05, 0.1) is 6.33 Å². The molecule has 1 aromatic rings. The van der Waals surface area contributed by atoms with Crippen LogP contribution in [-0.2, 0) is 16.1 Å². The van der Waals surface area contributed by atoms with E-state index in [0.29, 0.717) is 13.1 Å². The summed E-state index contributed by atoms with van der Waals surface area (Å²) in [5.74, 6) is -1.56. The van der Waals surface area contributed by atoms with Crippen LogP contribution in [0.3, 0.4) is 0 Å². The van der Waals surface area contributed by atoms with Gasteiger partial charge in [0.2, 0.25) is 5.91 Å². The first-order valence-electron chi connectivity index (χ1n) is 4.33. The number of carboxylic acid groups (broad SMARTS) is 1. The molecule has 1 rings (SSSR count). The van der Waals surface area contributed by atoms with E-state index in [-0.39, 0.29) is 0 Å². The van der Waals surface area contributed by atoms with E-state index in [1.165, 1.54) is 0 Å². The number of carboxylic acids is 1. The number of rotatable bonds is 5. The van der Waals surface area contributed by atoms with E-state index in [1.807, 2.05) is 0 Å². The molecule has 0 aliphatic rings. The third-order valence-electron chi connectivity index (χ3n) is 1.61. The molecular formula is C9H11N3O3. The predicted octanol–water partition coefficient (Wildman–Crippen LogP) is -0.360. The van der Waals surface area contributed by atoms with Crippen molar-refractivity contribution in [1.82, 2.24) is 14.9 Å². The fourth-order valence-corrected chi connectivity index (χ4v) is 0.933. The molecule has 80 valence electrons. The van der Waals surface area contributed by atoms with Crippen molar-refractivity contribution in [3.8, 4) is 0 Å². The molecule has 6 heteroatoms. The van der Waals surface area contributed by atoms with Gasteiger partial charge in [-0.2, -0.15) is 0 Å². The van der Waals surface area contributed by atoms with Gasteiger partial charge in [-0.15, -0.1) is 0 Å². The van der Waals surface area contributed by atoms with Crippen LogP contribution in [0, 0.1) is 0 Å². The van der Waals surface area contributed by atoms with Crippen LogP contribution in [0.15, 0.2) is 30.9 Å². The van der Waals surface area contributed by atoms with Crippen molar-refractivity contribution < 1.29 is 14.7 Å². The number of carbonyl (C=O) groups excluding carboxylic acids is 1. The fourth-order valence-electron chi connectivity index (χ4n) is 0.933. The Morgan fingerprint density at radius 3 is 2.87 bits per heavy atom. The van der Waals surface area contributed by atoms with E-state index in [1.54, 1.807) is 23.3 Å². The summed E-state index contributed by atoms with van der Waals surface area (Å²) in [7, 11) is 0. The Bertz CT molecular complexity index is 357. The molecule has 0 unspecified atom stereocenters. The van der Waals surface area contributed by atoms with Gasteiger partial charge in [0.15, 0.2) is 0 Å². The van der Waals surface area contributed by atoms with Gasteiger partial charge in [0.25, 0.3) is 0 Å². The van der Waals surface area contributed by atoms with E-state index in [4.69, 9.17) is 5.11 Å². The molecule has 0 fully saturated rings. The number of carbonyl (C=O) groups is 2. The molecule has 1 amide bonds. The van der Waals surface area contributed by atoms with Crippen molar-refractivity contribution >= 4 is 11.9 Å². The number of amides is 1. The molecule has 6 nitrogen and oxygen atoms in total. The molecule has 2 N–H and O–H groups in total. The molecule has 0 aliphatic heterocycles. The van der Waals surface area contributed by atoms with Gasteiger partial charge in [-0.05, 0) is 0 Å². The van der Waals surface area contributed by atoms with Crippen LogP contribution in [0.25, 0.3) is 0 Å². The summed E-state index contributed by atoms with van der Waals surface area (Å²) < 4.78 is 1.81. The SMILES string of the molecule is O=C(O)C=CC(=O)NCCn1ccnc1. The second kappa shape index (κ2) is 5.58. The summed E-state index contributed by atoms with van der Waals surface area (Å²) in [4.78, 5) is 24.9. The van der Waals surface area contributed by atoms with Crippen LogP contribution in [0.4, 0.5) is 0 Å². The summed E-state index contributed by atoms with van der Waals surface area (Å²) in [5, 5.41) is 10.8. The van der Waals surface area contributed by atoms with Crippen LogP contribution < -0.4 is 5.32 Å². The maximum atomic E-state index is 11.0. The molecule has 1 heterocycles. The average molecular weight is 209 g/mol. The minimum absolute atomic E-state index is 0.419. The molecule has 15 heavy (non-hydrogen) atoms. The molecule has 0 saturated carbocycles. The predicted molar refractivity (Wildman–Crippen MR) is 52.0 cm³/mol. The molecule has 0 saturated heterocycles. The second-order valence-corrected chi connectivity index (χ2v) is 2.76. The van der Waals surface area contributed by atoms with E-state index in [9.17, 15) is 9.59 Å². The number of imidazole rings is 1. The van der Waals surface area contributed by atoms with Crippen LogP contribution in [0.5, 0.6) is 0 Å². The highest BCUT2D eigenvalue weighted by Crippen LogP contribution is 1.83. The molecule has 0 atom stereocenters. The monoisotopic (exact) mass is 209 g/mol. The molecule has 0 radical (unpaired) electrons. The van der Waals surface area contributed by atoms with Gasteiger partial charge in [0.1, 0.15) is 0 Å². The Hall–Kier alpha value is -2.11. The van der Waals surface area contributed by atoms with Gasteiger partial charge < -0.3 is 15.0 Å². The maximum Gasteiger partial charge on any atom is 0.328 e. The Morgan fingerprint density at radius 2 is 2.27 bits per heavy atom. The summed E-state index contributed by atoms with van der Waals surface area (Å²) in [6.07, 6.45) is 6.84. The number of hydrogen-bond acceptors (Lipinski definition) is 3. The Labute approximate surface area is 86.2 Å². The first kappa shape index (κ1) is 11.0. The zero-order valence-electron chi connectivity index (χ0n) is 7.96. The lowest BCUT2D eigenvalue weighted by atomic mass is 10.4. The summed E-state index contributed by atoms with van der Waals surface area (Å²) >= 11 is 0. The lowest BCUT2D eigenvalue weighted by molar-refractivity contribution is -0.131. The van der Waals surface area contributed by atoms with Gasteiger partial charge >= 0.3 is 5.97 Å². The maximum absolute atomic E-state index is 11.0. The Morgan fingerprint density at radius 1 is 1.47 bits per heavy atom. The number of nitrogens with one attached hydrogen (secondary N) is 1. The first-order valence-corrected chi connectivity index (χ1v) is 4.33. The smallest absolute Gasteiger partial charge is 0.328 e. The first-order chi connectivity index (χ1) is 7.18. The van der Waals surface area contributed by atoms with Gasteiger partial charge in [-0.1, -0.05) is 0 Å². The van der Waals surface area contributed by atoms with Gasteiger partial charge in [0, 0.05) is 37.6 Å². The minimum Gasteiger partial charge on any atom is -0.478 e. The third-order valence-corrected chi connectivity index (χ3v) is 1.61. The lowest BCUT2D eigenvalue weighted by Gasteiger charge is -2.02. The third kappa shape index (κ3) is 4.61. The highest BCUT2D eigenvalue weighted by molar-refractivity contribution is 5.93. The summed E-state index contributed by atoms with van der Waals surface area (Å²) in [6.45, 7) is 1.03. The number of hydrogen-bond donors (Lipinski definition) is 2. The van der Waals surface area contributed by atoms with Crippen LogP contribution in [0.2, 0.25) is 0 Å². The molecular weight excluding hydrogens is 198 g/mol. The minimum atomic E-state index is -1.14. The van der Waals surface area contributed by atoms with Crippen molar-refractivity contribution in [2.45, 2.75) is 6.54 Å². The van der Waals surface area contributed by atoms with E-state index in [2.05, 4.69) is 10.3 Å². The zero-order valence-corrected chi connectivity index (χ0v) is 7.96. The zero-order chi connectivity index (χ0) is 11.1. The van der Waals surface area contributed by atoms with Crippen LogP contribution >= 0.6 is 0 Å². The highest BCUT2D eigenvalue weighted by Gasteiger charge is 1.96. The van der Waals surface area contributed by atoms with Crippen LogP contribution in [0.1, 0.15) is 0 Å². The highest BCUT2D eigenvalue weighted by atomic mass is 16.4. The van der Waals surface area contributed by atoms with Crippen molar-refractivity contribution in [3.63, 3.8) is 0 Å². The molecule has 0 spiro atoms. The Balaban J connectivity index is 2.20. The quantitative estimate of drug-likeness (QED) is 0.648. The van der Waals surface area contributed by atoms with E-state index in [0.717, 1.165) is 12.2 Å². The lowest BCUT2D eigenvalue weighted by Crippen LogP contribution is -2.25. The van der Waals surface area contributed by atoms with Crippen molar-refractivity contribution in [1.29, 1.82) is 0 Å². The van der Waals surface area contributed by atoms with Gasteiger partial charge in [-0.3, -0.25) is 4.79 Å². The number of nitrogens with zero attached hydrogens (tertiary/aromatic N) is 2. The molecule has 0 bridgehead atoms. The largest absolute Gasteiger partial charge is 0.478 e. The molecule has 0 aromatic carbocycles. The summed E-state index contributed by atoms with van der Waals surface area (Å²) in [5.41, 5.74) is 0. The number of aliphatic carboxylic acids is 1. The van der Waals surface area contributed by atoms with E-state index >= 15 is 0 Å².